The highest BCUT2D eigenvalue weighted by atomic mass is 16.4. The number of carbonyl (C=O) groups is 5. The Morgan fingerprint density at radius 3 is 1.92 bits per heavy atom. The van der Waals surface area contributed by atoms with E-state index in [0.717, 1.165) is 11.1 Å². The number of amides is 2. The fourth-order valence-electron chi connectivity index (χ4n) is 3.85. The first-order valence-corrected chi connectivity index (χ1v) is 12.4. The summed E-state index contributed by atoms with van der Waals surface area (Å²) in [5, 5.41) is 14.6. The topological polar surface area (TPSA) is 130 Å². The van der Waals surface area contributed by atoms with Crippen molar-refractivity contribution in [3.63, 3.8) is 0 Å². The van der Waals surface area contributed by atoms with E-state index in [2.05, 4.69) is 10.6 Å². The van der Waals surface area contributed by atoms with Gasteiger partial charge in [0.05, 0.1) is 17.9 Å². The van der Waals surface area contributed by atoms with Crippen molar-refractivity contribution in [2.45, 2.75) is 65.5 Å². The summed E-state index contributed by atoms with van der Waals surface area (Å²) in [7, 11) is 0. The molecule has 0 aliphatic rings. The molecule has 0 spiro atoms. The number of ketones is 2. The predicted molar refractivity (Wildman–Crippen MR) is 140 cm³/mol. The number of Topliss-reactive ketones (excluding diaryl/α,β-unsaturated/α-hetero) is 2. The Hall–Kier alpha value is -3.81. The smallest absolute Gasteiger partial charge is 0.309 e. The van der Waals surface area contributed by atoms with Gasteiger partial charge in [-0.3, -0.25) is 24.0 Å². The van der Waals surface area contributed by atoms with Gasteiger partial charge in [0.25, 0.3) is 5.91 Å². The van der Waals surface area contributed by atoms with Crippen LogP contribution in [-0.2, 0) is 36.8 Å². The van der Waals surface area contributed by atoms with Gasteiger partial charge < -0.3 is 15.7 Å². The number of rotatable bonds is 14. The molecule has 0 aliphatic heterocycles. The molecule has 37 heavy (non-hydrogen) atoms. The van der Waals surface area contributed by atoms with Gasteiger partial charge in [0.2, 0.25) is 11.7 Å². The van der Waals surface area contributed by atoms with Crippen molar-refractivity contribution in [2.24, 2.45) is 11.3 Å². The maximum absolute atomic E-state index is 13.3. The summed E-state index contributed by atoms with van der Waals surface area (Å²) in [6, 6.07) is 15.9. The van der Waals surface area contributed by atoms with E-state index in [-0.39, 0.29) is 25.2 Å². The van der Waals surface area contributed by atoms with Crippen molar-refractivity contribution >= 4 is 29.4 Å². The van der Waals surface area contributed by atoms with E-state index < -0.39 is 46.8 Å². The van der Waals surface area contributed by atoms with Crippen molar-refractivity contribution in [1.82, 2.24) is 10.6 Å². The normalized spacial score (nSPS) is 13.6. The quantitative estimate of drug-likeness (QED) is 0.336. The molecule has 1 unspecified atom stereocenters. The third kappa shape index (κ3) is 8.97. The Morgan fingerprint density at radius 2 is 1.41 bits per heavy atom. The number of hydrogen-bond donors (Lipinski definition) is 3. The van der Waals surface area contributed by atoms with Gasteiger partial charge in [0.15, 0.2) is 5.78 Å². The van der Waals surface area contributed by atoms with Gasteiger partial charge in [-0.25, -0.2) is 0 Å². The Labute approximate surface area is 217 Å². The molecule has 3 N–H and O–H groups in total. The fourth-order valence-corrected chi connectivity index (χ4v) is 3.85. The molecule has 0 bridgehead atoms. The molecule has 0 aliphatic carbocycles. The highest BCUT2D eigenvalue weighted by Gasteiger charge is 2.37. The van der Waals surface area contributed by atoms with Crippen LogP contribution in [0.25, 0.3) is 0 Å². The van der Waals surface area contributed by atoms with E-state index in [9.17, 15) is 29.1 Å². The van der Waals surface area contributed by atoms with Crippen LogP contribution < -0.4 is 10.6 Å². The Kier molecular flexibility index (Phi) is 10.7. The van der Waals surface area contributed by atoms with E-state index in [1.165, 1.54) is 13.8 Å². The summed E-state index contributed by atoms with van der Waals surface area (Å²) in [4.78, 5) is 63.6. The molecule has 2 amide bonds. The molecule has 2 aromatic rings. The molecular formula is C29H36N2O6. The number of carboxylic acid groups (broad SMARTS) is 1. The van der Waals surface area contributed by atoms with Crippen molar-refractivity contribution in [3.8, 4) is 0 Å². The van der Waals surface area contributed by atoms with Crippen LogP contribution in [0.15, 0.2) is 60.7 Å². The lowest BCUT2D eigenvalue weighted by Gasteiger charge is -2.27. The third-order valence-corrected chi connectivity index (χ3v) is 6.41. The number of nitrogens with one attached hydrogen (secondary N) is 2. The van der Waals surface area contributed by atoms with E-state index in [1.54, 1.807) is 55.5 Å². The van der Waals surface area contributed by atoms with Crippen LogP contribution in [0.5, 0.6) is 0 Å². The van der Waals surface area contributed by atoms with Crippen LogP contribution >= 0.6 is 0 Å². The van der Waals surface area contributed by atoms with Crippen molar-refractivity contribution < 1.29 is 29.1 Å². The Balaban J connectivity index is 2.22. The van der Waals surface area contributed by atoms with Crippen LogP contribution in [0.4, 0.5) is 0 Å². The zero-order valence-corrected chi connectivity index (χ0v) is 21.8. The second-order valence-corrected chi connectivity index (χ2v) is 10.0. The minimum Gasteiger partial charge on any atom is -0.481 e. The number of carbonyl (C=O) groups excluding carboxylic acids is 4. The number of hydrogen-bond acceptors (Lipinski definition) is 5. The molecular weight excluding hydrogens is 472 g/mol. The van der Waals surface area contributed by atoms with Gasteiger partial charge in [-0.15, -0.1) is 0 Å². The van der Waals surface area contributed by atoms with E-state index in [0.29, 0.717) is 6.42 Å². The average Bonchev–Trinajstić information content (AvgIpc) is 2.86. The molecule has 0 heterocycles. The summed E-state index contributed by atoms with van der Waals surface area (Å²) < 4.78 is 0. The predicted octanol–water partition coefficient (Wildman–Crippen LogP) is 3.13. The van der Waals surface area contributed by atoms with Gasteiger partial charge in [-0.2, -0.15) is 0 Å². The fraction of sp³-hybridized carbons (Fsp3) is 0.414. The van der Waals surface area contributed by atoms with Gasteiger partial charge in [-0.05, 0) is 30.9 Å². The Morgan fingerprint density at radius 1 is 0.865 bits per heavy atom. The van der Waals surface area contributed by atoms with Gasteiger partial charge in [0.1, 0.15) is 6.04 Å². The summed E-state index contributed by atoms with van der Waals surface area (Å²) >= 11 is 0. The lowest BCUT2D eigenvalue weighted by atomic mass is 9.82. The van der Waals surface area contributed by atoms with Crippen LogP contribution in [0.1, 0.15) is 51.7 Å². The zero-order valence-electron chi connectivity index (χ0n) is 21.8. The first kappa shape index (κ1) is 29.4. The molecule has 0 radical (unpaired) electrons. The average molecular weight is 509 g/mol. The monoisotopic (exact) mass is 508 g/mol. The zero-order chi connectivity index (χ0) is 27.6. The van der Waals surface area contributed by atoms with E-state index in [4.69, 9.17) is 0 Å². The SMILES string of the molecule is CC[C@H](C)[C@H](NC(=O)C(=O)C(Cc1ccccc1)NC(=O)Cc1ccccc1)C(=O)CC(C)(C)C(=O)O. The lowest BCUT2D eigenvalue weighted by Crippen LogP contribution is -2.54. The molecule has 8 heteroatoms. The lowest BCUT2D eigenvalue weighted by molar-refractivity contribution is -0.150. The standard InChI is InChI=1S/C29H36N2O6/c1-5-19(2)25(23(32)18-29(3,4)28(36)37)31-27(35)26(34)22(16-20-12-8-6-9-13-20)30-24(33)17-21-14-10-7-11-15-21/h6-15,19,22,25H,5,16-18H2,1-4H3,(H,30,33)(H,31,35)(H,36,37)/t19-,22?,25-/m0/s1. The van der Waals surface area contributed by atoms with Crippen molar-refractivity contribution in [1.29, 1.82) is 0 Å². The second kappa shape index (κ2) is 13.5. The van der Waals surface area contributed by atoms with E-state index in [1.807, 2.05) is 19.1 Å². The molecule has 198 valence electrons. The molecule has 0 aromatic heterocycles. The van der Waals surface area contributed by atoms with Crippen LogP contribution in [0, 0.1) is 11.3 Å². The first-order valence-electron chi connectivity index (χ1n) is 12.4. The minimum atomic E-state index is -1.32. The maximum Gasteiger partial charge on any atom is 0.309 e. The molecule has 2 aromatic carbocycles. The number of aliphatic carboxylic acids is 1. The molecule has 0 saturated heterocycles. The van der Waals surface area contributed by atoms with Crippen LogP contribution in [0.2, 0.25) is 0 Å². The maximum atomic E-state index is 13.3. The molecule has 2 rings (SSSR count). The van der Waals surface area contributed by atoms with Crippen molar-refractivity contribution in [3.05, 3.63) is 71.8 Å². The van der Waals surface area contributed by atoms with Crippen molar-refractivity contribution in [2.75, 3.05) is 0 Å². The second-order valence-electron chi connectivity index (χ2n) is 10.0. The summed E-state index contributed by atoms with van der Waals surface area (Å²) in [6.45, 7) is 6.46. The third-order valence-electron chi connectivity index (χ3n) is 6.41. The minimum absolute atomic E-state index is 0.0410. The molecule has 3 atom stereocenters. The summed E-state index contributed by atoms with van der Waals surface area (Å²) in [6.07, 6.45) is 0.369. The first-order chi connectivity index (χ1) is 17.4. The summed E-state index contributed by atoms with van der Waals surface area (Å²) in [5.41, 5.74) is 0.198. The van der Waals surface area contributed by atoms with Gasteiger partial charge in [-0.1, -0.05) is 80.9 Å². The highest BCUT2D eigenvalue weighted by molar-refractivity contribution is 6.38. The van der Waals surface area contributed by atoms with Gasteiger partial charge >= 0.3 is 5.97 Å². The molecule has 8 nitrogen and oxygen atoms in total. The van der Waals surface area contributed by atoms with E-state index >= 15 is 0 Å². The highest BCUT2D eigenvalue weighted by Crippen LogP contribution is 2.24. The summed E-state index contributed by atoms with van der Waals surface area (Å²) in [5.74, 6) is -4.19. The molecule has 0 fully saturated rings. The van der Waals surface area contributed by atoms with Crippen LogP contribution in [0.3, 0.4) is 0 Å². The number of carboxylic acids is 1. The van der Waals surface area contributed by atoms with Gasteiger partial charge in [0, 0.05) is 12.8 Å². The largest absolute Gasteiger partial charge is 0.481 e. The Bertz CT molecular complexity index is 1100. The number of benzene rings is 2. The van der Waals surface area contributed by atoms with Crippen LogP contribution in [-0.4, -0.2) is 46.5 Å². The molecule has 0 saturated carbocycles.